The summed E-state index contributed by atoms with van der Waals surface area (Å²) in [7, 11) is 1.92. The molecule has 1 amide bonds. The molecule has 166 valence electrons. The molecule has 1 atom stereocenters. The number of aromatic nitrogens is 3. The molecule has 8 heteroatoms. The van der Waals surface area contributed by atoms with Crippen molar-refractivity contribution < 1.29 is 14.3 Å². The van der Waals surface area contributed by atoms with E-state index in [1.54, 1.807) is 6.20 Å². The fourth-order valence-corrected chi connectivity index (χ4v) is 3.73. The van der Waals surface area contributed by atoms with Crippen LogP contribution in [0.3, 0.4) is 0 Å². The van der Waals surface area contributed by atoms with Crippen LogP contribution in [-0.4, -0.2) is 58.8 Å². The first-order chi connectivity index (χ1) is 14.7. The van der Waals surface area contributed by atoms with Gasteiger partial charge in [0.1, 0.15) is 29.4 Å². The standard InChI is InChI=1S/C23H31N5O3/c1-14(22(29)27-23(2,3)4)28(5)21-17-7-6-8-18(17)25-20(26-21)19-11-15(9-10-24-19)31-16-12-30-13-16/h9-11,14,16H,6-8,12-13H2,1-5H3,(H,27,29)/t14-/m1/s1. The maximum Gasteiger partial charge on any atom is 0.242 e. The fraction of sp³-hybridized carbons (Fsp3) is 0.565. The zero-order chi connectivity index (χ0) is 22.2. The van der Waals surface area contributed by atoms with Crippen molar-refractivity contribution in [3.8, 4) is 17.3 Å². The Labute approximate surface area is 183 Å². The number of hydrogen-bond donors (Lipinski definition) is 1. The number of hydrogen-bond acceptors (Lipinski definition) is 7. The van der Waals surface area contributed by atoms with Crippen molar-refractivity contribution in [2.24, 2.45) is 0 Å². The van der Waals surface area contributed by atoms with Crippen LogP contribution in [-0.2, 0) is 22.4 Å². The maximum atomic E-state index is 12.8. The lowest BCUT2D eigenvalue weighted by atomic mass is 10.1. The van der Waals surface area contributed by atoms with Crippen LogP contribution in [0.1, 0.15) is 45.4 Å². The van der Waals surface area contributed by atoms with Crippen LogP contribution in [0.2, 0.25) is 0 Å². The summed E-state index contributed by atoms with van der Waals surface area (Å²) in [5, 5.41) is 3.06. The van der Waals surface area contributed by atoms with Crippen LogP contribution >= 0.6 is 0 Å². The van der Waals surface area contributed by atoms with Gasteiger partial charge >= 0.3 is 0 Å². The molecule has 0 spiro atoms. The van der Waals surface area contributed by atoms with Crippen LogP contribution in [0, 0.1) is 0 Å². The number of carbonyl (C=O) groups excluding carboxylic acids is 1. The van der Waals surface area contributed by atoms with Crippen LogP contribution < -0.4 is 15.0 Å². The first-order valence-corrected chi connectivity index (χ1v) is 10.9. The van der Waals surface area contributed by atoms with Gasteiger partial charge in [0.15, 0.2) is 5.82 Å². The quantitative estimate of drug-likeness (QED) is 0.761. The zero-order valence-corrected chi connectivity index (χ0v) is 18.9. The van der Waals surface area contributed by atoms with E-state index in [1.165, 1.54) is 0 Å². The molecule has 3 heterocycles. The predicted molar refractivity (Wildman–Crippen MR) is 118 cm³/mol. The van der Waals surface area contributed by atoms with Gasteiger partial charge in [0.05, 0.1) is 13.2 Å². The van der Waals surface area contributed by atoms with Gasteiger partial charge in [-0.2, -0.15) is 0 Å². The Kier molecular flexibility index (Phi) is 5.83. The number of carbonyl (C=O) groups is 1. The third-order valence-electron chi connectivity index (χ3n) is 5.57. The van der Waals surface area contributed by atoms with Gasteiger partial charge in [0.2, 0.25) is 5.91 Å². The monoisotopic (exact) mass is 425 g/mol. The van der Waals surface area contributed by atoms with E-state index in [0.29, 0.717) is 24.7 Å². The number of fused-ring (bicyclic) bond motifs is 1. The molecule has 1 aliphatic heterocycles. The molecule has 1 N–H and O–H groups in total. The highest BCUT2D eigenvalue weighted by Crippen LogP contribution is 2.32. The summed E-state index contributed by atoms with van der Waals surface area (Å²) in [5.74, 6) is 2.06. The first-order valence-electron chi connectivity index (χ1n) is 10.9. The van der Waals surface area contributed by atoms with E-state index < -0.39 is 0 Å². The first kappa shape index (κ1) is 21.5. The number of pyridine rings is 1. The van der Waals surface area contributed by atoms with Crippen molar-refractivity contribution >= 4 is 11.7 Å². The topological polar surface area (TPSA) is 89.5 Å². The summed E-state index contributed by atoms with van der Waals surface area (Å²) in [5.41, 5.74) is 2.53. The summed E-state index contributed by atoms with van der Waals surface area (Å²) in [6, 6.07) is 3.34. The Morgan fingerprint density at radius 1 is 1.29 bits per heavy atom. The van der Waals surface area contributed by atoms with E-state index in [0.717, 1.165) is 42.1 Å². The molecule has 0 bridgehead atoms. The van der Waals surface area contributed by atoms with Gasteiger partial charge in [-0.15, -0.1) is 0 Å². The van der Waals surface area contributed by atoms with E-state index >= 15 is 0 Å². The van der Waals surface area contributed by atoms with Crippen molar-refractivity contribution in [2.45, 2.75) is 64.6 Å². The van der Waals surface area contributed by atoms with Crippen molar-refractivity contribution in [1.29, 1.82) is 0 Å². The largest absolute Gasteiger partial charge is 0.485 e. The number of nitrogens with zero attached hydrogens (tertiary/aromatic N) is 4. The van der Waals surface area contributed by atoms with E-state index in [-0.39, 0.29) is 23.6 Å². The second kappa shape index (κ2) is 8.42. The summed E-state index contributed by atoms with van der Waals surface area (Å²) in [6.45, 7) is 9.06. The number of rotatable bonds is 6. The normalized spacial score (nSPS) is 16.9. The Morgan fingerprint density at radius 2 is 2.06 bits per heavy atom. The second-order valence-electron chi connectivity index (χ2n) is 9.33. The minimum atomic E-state index is -0.368. The van der Waals surface area contributed by atoms with Crippen LogP contribution in [0.5, 0.6) is 5.75 Å². The molecule has 1 aliphatic carbocycles. The maximum absolute atomic E-state index is 12.8. The summed E-state index contributed by atoms with van der Waals surface area (Å²) in [4.78, 5) is 28.9. The minimum absolute atomic E-state index is 0.0295. The number of likely N-dealkylation sites (N-methyl/N-ethyl adjacent to an activating group) is 1. The highest BCUT2D eigenvalue weighted by atomic mass is 16.6. The molecule has 2 aromatic rings. The molecule has 1 saturated heterocycles. The number of aryl methyl sites for hydroxylation is 1. The lowest BCUT2D eigenvalue weighted by Crippen LogP contribution is -2.50. The van der Waals surface area contributed by atoms with E-state index in [4.69, 9.17) is 19.4 Å². The van der Waals surface area contributed by atoms with Gasteiger partial charge in [0, 0.05) is 36.1 Å². The fourth-order valence-electron chi connectivity index (χ4n) is 3.73. The van der Waals surface area contributed by atoms with Crippen molar-refractivity contribution in [3.63, 3.8) is 0 Å². The van der Waals surface area contributed by atoms with Gasteiger partial charge in [-0.3, -0.25) is 9.78 Å². The Bertz CT molecular complexity index is 968. The summed E-state index contributed by atoms with van der Waals surface area (Å²) < 4.78 is 11.1. The van der Waals surface area contributed by atoms with Gasteiger partial charge < -0.3 is 19.7 Å². The molecule has 1 fully saturated rings. The Morgan fingerprint density at radius 3 is 2.74 bits per heavy atom. The third kappa shape index (κ3) is 4.79. The summed E-state index contributed by atoms with van der Waals surface area (Å²) in [6.07, 6.45) is 4.66. The zero-order valence-electron chi connectivity index (χ0n) is 18.9. The van der Waals surface area contributed by atoms with Crippen LogP contribution in [0.25, 0.3) is 11.5 Å². The van der Waals surface area contributed by atoms with Crippen molar-refractivity contribution in [2.75, 3.05) is 25.2 Å². The van der Waals surface area contributed by atoms with Crippen molar-refractivity contribution in [3.05, 3.63) is 29.6 Å². The van der Waals surface area contributed by atoms with Gasteiger partial charge in [-0.05, 0) is 53.0 Å². The molecule has 2 aliphatic rings. The predicted octanol–water partition coefficient (Wildman–Crippen LogP) is 2.54. The highest BCUT2D eigenvalue weighted by Gasteiger charge is 2.28. The molecule has 4 rings (SSSR count). The average molecular weight is 426 g/mol. The molecule has 31 heavy (non-hydrogen) atoms. The minimum Gasteiger partial charge on any atom is -0.485 e. The lowest BCUT2D eigenvalue weighted by molar-refractivity contribution is -0.123. The van der Waals surface area contributed by atoms with E-state index in [1.807, 2.05) is 51.8 Å². The van der Waals surface area contributed by atoms with Gasteiger partial charge in [-0.25, -0.2) is 9.97 Å². The lowest BCUT2D eigenvalue weighted by Gasteiger charge is -2.30. The smallest absolute Gasteiger partial charge is 0.242 e. The van der Waals surface area contributed by atoms with Gasteiger partial charge in [-0.1, -0.05) is 0 Å². The Hall–Kier alpha value is -2.74. The molecule has 0 radical (unpaired) electrons. The second-order valence-corrected chi connectivity index (χ2v) is 9.33. The molecule has 0 unspecified atom stereocenters. The van der Waals surface area contributed by atoms with Gasteiger partial charge in [0.25, 0.3) is 0 Å². The Balaban J connectivity index is 1.64. The van der Waals surface area contributed by atoms with E-state index in [9.17, 15) is 4.79 Å². The van der Waals surface area contributed by atoms with Crippen molar-refractivity contribution in [1.82, 2.24) is 20.3 Å². The highest BCUT2D eigenvalue weighted by molar-refractivity contribution is 5.85. The van der Waals surface area contributed by atoms with E-state index in [2.05, 4.69) is 10.3 Å². The molecule has 2 aromatic heterocycles. The molecular weight excluding hydrogens is 394 g/mol. The summed E-state index contributed by atoms with van der Waals surface area (Å²) >= 11 is 0. The van der Waals surface area contributed by atoms with Crippen LogP contribution in [0.4, 0.5) is 5.82 Å². The third-order valence-corrected chi connectivity index (χ3v) is 5.57. The average Bonchev–Trinajstić information content (AvgIpc) is 3.16. The molecule has 0 aromatic carbocycles. The molecule has 0 saturated carbocycles. The molecular formula is C23H31N5O3. The number of nitrogens with one attached hydrogen (secondary N) is 1. The molecule has 8 nitrogen and oxygen atoms in total. The number of anilines is 1. The van der Waals surface area contributed by atoms with Crippen LogP contribution in [0.15, 0.2) is 18.3 Å². The number of ether oxygens (including phenoxy) is 2. The number of amides is 1. The SMILES string of the molecule is C[C@H](C(=O)NC(C)(C)C)N(C)c1nc(-c2cc(OC3COC3)ccn2)nc2c1CCC2.